The van der Waals surface area contributed by atoms with Crippen LogP contribution in [0, 0.1) is 0 Å². The Balaban J connectivity index is 1.39. The van der Waals surface area contributed by atoms with Gasteiger partial charge < -0.3 is 25.4 Å². The van der Waals surface area contributed by atoms with E-state index in [9.17, 15) is 14.4 Å². The number of methoxy groups -OCH3 is 2. The Labute approximate surface area is 253 Å². The monoisotopic (exact) mass is 601 g/mol. The van der Waals surface area contributed by atoms with Gasteiger partial charge in [-0.1, -0.05) is 41.9 Å². The van der Waals surface area contributed by atoms with E-state index in [2.05, 4.69) is 16.0 Å². The Morgan fingerprint density at radius 3 is 2.21 bits per heavy atom. The minimum Gasteiger partial charge on any atom is -0.497 e. The van der Waals surface area contributed by atoms with E-state index in [4.69, 9.17) is 21.1 Å². The lowest BCUT2D eigenvalue weighted by atomic mass is 10.1. The highest BCUT2D eigenvalue weighted by molar-refractivity contribution is 8.00. The summed E-state index contributed by atoms with van der Waals surface area (Å²) in [4.78, 5) is 39.4. The molecule has 0 aromatic heterocycles. The second-order valence-electron chi connectivity index (χ2n) is 8.81. The summed E-state index contributed by atoms with van der Waals surface area (Å²) in [6.07, 6.45) is 1.58. The van der Waals surface area contributed by atoms with Crippen LogP contribution in [0.1, 0.15) is 15.9 Å². The minimum atomic E-state index is -0.498. The van der Waals surface area contributed by atoms with Crippen molar-refractivity contribution in [3.05, 3.63) is 119 Å². The maximum Gasteiger partial charge on any atom is 0.272 e. The summed E-state index contributed by atoms with van der Waals surface area (Å²) in [5, 5.41) is 8.92. The summed E-state index contributed by atoms with van der Waals surface area (Å²) in [6, 6.07) is 27.7. The molecule has 3 amide bonds. The predicted molar refractivity (Wildman–Crippen MR) is 167 cm³/mol. The van der Waals surface area contributed by atoms with Gasteiger partial charge in [-0.3, -0.25) is 14.4 Å². The van der Waals surface area contributed by atoms with E-state index >= 15 is 0 Å². The van der Waals surface area contributed by atoms with Crippen molar-refractivity contribution in [2.45, 2.75) is 4.90 Å². The van der Waals surface area contributed by atoms with Gasteiger partial charge >= 0.3 is 0 Å². The highest BCUT2D eigenvalue weighted by Gasteiger charge is 2.15. The molecule has 0 aliphatic rings. The summed E-state index contributed by atoms with van der Waals surface area (Å²) in [5.41, 5.74) is 2.24. The molecule has 0 aliphatic carbocycles. The number of nitrogens with one attached hydrogen (secondary N) is 3. The molecule has 214 valence electrons. The Hall–Kier alpha value is -4.73. The lowest BCUT2D eigenvalue weighted by Gasteiger charge is -2.12. The fourth-order valence-corrected chi connectivity index (χ4v) is 4.56. The molecule has 0 saturated heterocycles. The number of benzene rings is 4. The molecule has 4 rings (SSSR count). The molecule has 4 aromatic rings. The molecule has 0 radical (unpaired) electrons. The molecule has 0 aliphatic heterocycles. The lowest BCUT2D eigenvalue weighted by Crippen LogP contribution is -2.30. The van der Waals surface area contributed by atoms with Crippen molar-refractivity contribution < 1.29 is 23.9 Å². The Kier molecular flexibility index (Phi) is 10.6. The SMILES string of the molecule is COc1ccc(NC(=O)CSc2ccc(NC(=O)/C(=C/c3ccc(Cl)cc3)NC(=O)c3ccccc3)cc2)c(OC)c1. The van der Waals surface area contributed by atoms with E-state index < -0.39 is 11.8 Å². The topological polar surface area (TPSA) is 106 Å². The zero-order valence-corrected chi connectivity index (χ0v) is 24.4. The average Bonchev–Trinajstić information content (AvgIpc) is 3.02. The first-order valence-corrected chi connectivity index (χ1v) is 14.1. The molecule has 0 heterocycles. The fourth-order valence-electron chi connectivity index (χ4n) is 3.74. The number of anilines is 2. The molecule has 8 nitrogen and oxygen atoms in total. The molecular formula is C32H28ClN3O5S. The van der Waals surface area contributed by atoms with Gasteiger partial charge in [0.15, 0.2) is 0 Å². The van der Waals surface area contributed by atoms with E-state index in [0.29, 0.717) is 39.0 Å². The first kappa shape index (κ1) is 30.2. The van der Waals surface area contributed by atoms with Crippen molar-refractivity contribution in [2.75, 3.05) is 30.6 Å². The van der Waals surface area contributed by atoms with Crippen LogP contribution >= 0.6 is 23.4 Å². The van der Waals surface area contributed by atoms with Gasteiger partial charge in [-0.15, -0.1) is 11.8 Å². The van der Waals surface area contributed by atoms with Crippen molar-refractivity contribution in [1.29, 1.82) is 0 Å². The van der Waals surface area contributed by atoms with Crippen molar-refractivity contribution in [3.8, 4) is 11.5 Å². The quantitative estimate of drug-likeness (QED) is 0.134. The third kappa shape index (κ3) is 8.63. The molecule has 0 atom stereocenters. The van der Waals surface area contributed by atoms with Crippen LogP contribution < -0.4 is 25.4 Å². The molecular weight excluding hydrogens is 574 g/mol. The number of hydrogen-bond donors (Lipinski definition) is 3. The number of amides is 3. The summed E-state index contributed by atoms with van der Waals surface area (Å²) in [7, 11) is 3.08. The highest BCUT2D eigenvalue weighted by atomic mass is 35.5. The normalized spacial score (nSPS) is 10.9. The molecule has 10 heteroatoms. The van der Waals surface area contributed by atoms with Crippen molar-refractivity contribution >= 4 is 58.5 Å². The van der Waals surface area contributed by atoms with E-state index in [0.717, 1.165) is 4.90 Å². The van der Waals surface area contributed by atoms with Crippen LogP contribution in [0.25, 0.3) is 6.08 Å². The third-order valence-electron chi connectivity index (χ3n) is 5.87. The smallest absolute Gasteiger partial charge is 0.272 e. The summed E-state index contributed by atoms with van der Waals surface area (Å²) in [5.74, 6) is 0.174. The van der Waals surface area contributed by atoms with Gasteiger partial charge in [0.1, 0.15) is 17.2 Å². The standard InChI is InChI=1S/C32H28ClN3O5S/c1-40-25-14-17-27(29(19-25)41-2)35-30(37)20-42-26-15-12-24(13-16-26)34-32(39)28(18-21-8-10-23(33)11-9-21)36-31(38)22-6-4-3-5-7-22/h3-19H,20H2,1-2H3,(H,34,39)(H,35,37)(H,36,38)/b28-18-. The summed E-state index contributed by atoms with van der Waals surface area (Å²) in [6.45, 7) is 0. The van der Waals surface area contributed by atoms with Crippen LogP contribution in [0.4, 0.5) is 11.4 Å². The van der Waals surface area contributed by atoms with Crippen molar-refractivity contribution in [2.24, 2.45) is 0 Å². The van der Waals surface area contributed by atoms with Gasteiger partial charge in [0.05, 0.1) is 25.7 Å². The average molecular weight is 602 g/mol. The number of halogens is 1. The molecule has 4 aromatic carbocycles. The van der Waals surface area contributed by atoms with Gasteiger partial charge in [0.2, 0.25) is 5.91 Å². The molecule has 42 heavy (non-hydrogen) atoms. The van der Waals surface area contributed by atoms with E-state index in [-0.39, 0.29) is 17.4 Å². The Bertz CT molecular complexity index is 1580. The number of rotatable bonds is 11. The maximum atomic E-state index is 13.2. The van der Waals surface area contributed by atoms with Crippen LogP contribution in [0.3, 0.4) is 0 Å². The van der Waals surface area contributed by atoms with E-state index in [1.807, 2.05) is 0 Å². The van der Waals surface area contributed by atoms with E-state index in [1.165, 1.54) is 18.9 Å². The maximum absolute atomic E-state index is 13.2. The fraction of sp³-hybridized carbons (Fsp3) is 0.0938. The van der Waals surface area contributed by atoms with Gasteiger partial charge in [0.25, 0.3) is 11.8 Å². The number of hydrogen-bond acceptors (Lipinski definition) is 6. The van der Waals surface area contributed by atoms with Crippen LogP contribution in [0.15, 0.2) is 108 Å². The molecule has 3 N–H and O–H groups in total. The van der Waals surface area contributed by atoms with Crippen LogP contribution in [-0.4, -0.2) is 37.7 Å². The first-order chi connectivity index (χ1) is 20.3. The summed E-state index contributed by atoms with van der Waals surface area (Å²) >= 11 is 7.33. The van der Waals surface area contributed by atoms with Crippen LogP contribution in [-0.2, 0) is 9.59 Å². The van der Waals surface area contributed by atoms with Crippen LogP contribution in [0.5, 0.6) is 11.5 Å². The van der Waals surface area contributed by atoms with Gasteiger partial charge in [-0.05, 0) is 72.3 Å². The lowest BCUT2D eigenvalue weighted by molar-refractivity contribution is -0.114. The Morgan fingerprint density at radius 1 is 0.833 bits per heavy atom. The molecule has 0 unspecified atom stereocenters. The second-order valence-corrected chi connectivity index (χ2v) is 10.3. The third-order valence-corrected chi connectivity index (χ3v) is 7.14. The molecule has 0 saturated carbocycles. The van der Waals surface area contributed by atoms with Crippen LogP contribution in [0.2, 0.25) is 5.02 Å². The van der Waals surface area contributed by atoms with Gasteiger partial charge in [0, 0.05) is 27.2 Å². The molecule has 0 bridgehead atoms. The van der Waals surface area contributed by atoms with Crippen molar-refractivity contribution in [1.82, 2.24) is 5.32 Å². The molecule has 0 fully saturated rings. The molecule has 0 spiro atoms. The zero-order valence-electron chi connectivity index (χ0n) is 22.8. The van der Waals surface area contributed by atoms with Gasteiger partial charge in [-0.2, -0.15) is 0 Å². The van der Waals surface area contributed by atoms with E-state index in [1.54, 1.807) is 110 Å². The summed E-state index contributed by atoms with van der Waals surface area (Å²) < 4.78 is 10.5. The number of thioether (sulfide) groups is 1. The number of carbonyl (C=O) groups is 3. The van der Waals surface area contributed by atoms with Crippen molar-refractivity contribution in [3.63, 3.8) is 0 Å². The number of carbonyl (C=O) groups excluding carboxylic acids is 3. The highest BCUT2D eigenvalue weighted by Crippen LogP contribution is 2.29. The Morgan fingerprint density at radius 2 is 1.55 bits per heavy atom. The zero-order chi connectivity index (χ0) is 29.9. The predicted octanol–water partition coefficient (Wildman–Crippen LogP) is 6.50. The second kappa shape index (κ2) is 14.8. The largest absolute Gasteiger partial charge is 0.497 e. The van der Waals surface area contributed by atoms with Gasteiger partial charge in [-0.25, -0.2) is 0 Å². The number of ether oxygens (including phenoxy) is 2. The first-order valence-electron chi connectivity index (χ1n) is 12.7. The minimum absolute atomic E-state index is 0.0651.